The summed E-state index contributed by atoms with van der Waals surface area (Å²) < 4.78 is 11.7. The van der Waals surface area contributed by atoms with Crippen LogP contribution in [0.25, 0.3) is 4.85 Å². The van der Waals surface area contributed by atoms with E-state index in [-0.39, 0.29) is 23.8 Å². The molecule has 0 radical (unpaired) electrons. The fourth-order valence-corrected chi connectivity index (χ4v) is 2.66. The number of anilines is 1. The van der Waals surface area contributed by atoms with Gasteiger partial charge in [-0.3, -0.25) is 0 Å². The summed E-state index contributed by atoms with van der Waals surface area (Å²) >= 11 is 0. The molecule has 3 N–H and O–H groups in total. The SMILES string of the molecule is [C-]#[N+]c1c(N)c(C(=O)OC)n(CCNC(=O)OC(C)(C)C)c1C1CC1. The predicted molar refractivity (Wildman–Crippen MR) is 92.7 cm³/mol. The third-order valence-electron chi connectivity index (χ3n) is 3.77. The van der Waals surface area contributed by atoms with Crippen LogP contribution in [-0.2, 0) is 16.0 Å². The number of nitrogens with two attached hydrogens (primary N) is 1. The van der Waals surface area contributed by atoms with Crippen LogP contribution in [0.3, 0.4) is 0 Å². The van der Waals surface area contributed by atoms with Crippen molar-refractivity contribution in [3.8, 4) is 0 Å². The van der Waals surface area contributed by atoms with Gasteiger partial charge in [0.15, 0.2) is 0 Å². The number of nitrogens with one attached hydrogen (secondary N) is 1. The Morgan fingerprint density at radius 3 is 2.52 bits per heavy atom. The number of carbonyl (C=O) groups is 2. The van der Waals surface area contributed by atoms with Crippen LogP contribution in [0.5, 0.6) is 0 Å². The van der Waals surface area contributed by atoms with Gasteiger partial charge >= 0.3 is 12.1 Å². The van der Waals surface area contributed by atoms with Crippen molar-refractivity contribution in [3.05, 3.63) is 22.8 Å². The van der Waals surface area contributed by atoms with Gasteiger partial charge in [-0.05, 0) is 39.5 Å². The number of methoxy groups -OCH3 is 1. The number of alkyl carbamates (subject to hydrolysis) is 1. The lowest BCUT2D eigenvalue weighted by Gasteiger charge is -2.20. The van der Waals surface area contributed by atoms with E-state index in [0.29, 0.717) is 12.2 Å². The van der Waals surface area contributed by atoms with Crippen LogP contribution in [0.2, 0.25) is 0 Å². The Labute approximate surface area is 147 Å². The molecule has 1 amide bonds. The van der Waals surface area contributed by atoms with Crippen LogP contribution in [0.4, 0.5) is 16.2 Å². The zero-order chi connectivity index (χ0) is 18.8. The largest absolute Gasteiger partial charge is 0.464 e. The topological polar surface area (TPSA) is 99.9 Å². The van der Waals surface area contributed by atoms with E-state index in [1.165, 1.54) is 7.11 Å². The number of aromatic nitrogens is 1. The standard InChI is InChI=1S/C17H24N4O4/c1-17(2,3)25-16(23)20-8-9-21-13(10-6-7-10)12(19-4)11(18)14(21)15(22)24-5/h10H,6-9,18H2,1-3,5H3,(H,20,23). The van der Waals surface area contributed by atoms with Gasteiger partial charge in [0.1, 0.15) is 11.3 Å². The molecule has 1 aliphatic carbocycles. The molecular formula is C17H24N4O4. The predicted octanol–water partition coefficient (Wildman–Crippen LogP) is 2.81. The van der Waals surface area contributed by atoms with Crippen LogP contribution < -0.4 is 11.1 Å². The first-order valence-corrected chi connectivity index (χ1v) is 8.14. The van der Waals surface area contributed by atoms with Crippen molar-refractivity contribution in [2.45, 2.75) is 51.7 Å². The van der Waals surface area contributed by atoms with Crippen molar-refractivity contribution in [1.82, 2.24) is 9.88 Å². The summed E-state index contributed by atoms with van der Waals surface area (Å²) in [6.45, 7) is 13.3. The number of nitrogens with zero attached hydrogens (tertiary/aromatic N) is 2. The third kappa shape index (κ3) is 4.24. The zero-order valence-electron chi connectivity index (χ0n) is 15.0. The maximum absolute atomic E-state index is 12.1. The van der Waals surface area contributed by atoms with Crippen molar-refractivity contribution in [2.24, 2.45) is 0 Å². The lowest BCUT2D eigenvalue weighted by atomic mass is 10.2. The third-order valence-corrected chi connectivity index (χ3v) is 3.77. The van der Waals surface area contributed by atoms with Crippen molar-refractivity contribution < 1.29 is 19.1 Å². The second-order valence-corrected chi connectivity index (χ2v) is 6.95. The molecule has 8 heteroatoms. The minimum absolute atomic E-state index is 0.140. The van der Waals surface area contributed by atoms with Gasteiger partial charge in [-0.15, -0.1) is 0 Å². The summed E-state index contributed by atoms with van der Waals surface area (Å²) in [6.07, 6.45) is 1.36. The van der Waals surface area contributed by atoms with Gasteiger partial charge in [-0.25, -0.2) is 14.4 Å². The Kier molecular flexibility index (Phi) is 5.26. The van der Waals surface area contributed by atoms with Gasteiger partial charge < -0.3 is 25.1 Å². The van der Waals surface area contributed by atoms with Crippen molar-refractivity contribution in [1.29, 1.82) is 0 Å². The number of carbonyl (C=O) groups excluding carboxylic acids is 2. The highest BCUT2D eigenvalue weighted by Crippen LogP contribution is 2.48. The molecule has 0 unspecified atom stereocenters. The molecule has 0 bridgehead atoms. The number of amides is 1. The molecular weight excluding hydrogens is 324 g/mol. The molecule has 136 valence electrons. The number of esters is 1. The van der Waals surface area contributed by atoms with Gasteiger partial charge in [0.25, 0.3) is 0 Å². The monoisotopic (exact) mass is 348 g/mol. The Morgan fingerprint density at radius 1 is 1.40 bits per heavy atom. The van der Waals surface area contributed by atoms with E-state index in [9.17, 15) is 9.59 Å². The molecule has 25 heavy (non-hydrogen) atoms. The quantitative estimate of drug-likeness (QED) is 0.629. The van der Waals surface area contributed by atoms with E-state index in [1.54, 1.807) is 25.3 Å². The molecule has 8 nitrogen and oxygen atoms in total. The number of hydrogen-bond acceptors (Lipinski definition) is 5. The molecule has 1 saturated carbocycles. The van der Waals surface area contributed by atoms with Crippen molar-refractivity contribution >= 4 is 23.4 Å². The first-order valence-electron chi connectivity index (χ1n) is 8.14. The average Bonchev–Trinajstić information content (AvgIpc) is 3.30. The number of hydrogen-bond donors (Lipinski definition) is 2. The van der Waals surface area contributed by atoms with Crippen LogP contribution in [0.1, 0.15) is 55.7 Å². The second-order valence-electron chi connectivity index (χ2n) is 6.95. The Hall–Kier alpha value is -2.69. The molecule has 1 aliphatic rings. The molecule has 0 atom stereocenters. The van der Waals surface area contributed by atoms with E-state index in [4.69, 9.17) is 21.8 Å². The molecule has 0 spiro atoms. The van der Waals surface area contributed by atoms with Crippen molar-refractivity contribution in [3.63, 3.8) is 0 Å². The van der Waals surface area contributed by atoms with Gasteiger partial charge in [0.05, 0.1) is 19.4 Å². The van der Waals surface area contributed by atoms with Crippen LogP contribution >= 0.6 is 0 Å². The van der Waals surface area contributed by atoms with Gasteiger partial charge in [0, 0.05) is 18.8 Å². The summed E-state index contributed by atoms with van der Waals surface area (Å²) in [6, 6.07) is 0. The Balaban J connectivity index is 2.22. The summed E-state index contributed by atoms with van der Waals surface area (Å²) in [4.78, 5) is 27.4. The fraction of sp³-hybridized carbons (Fsp3) is 0.588. The minimum atomic E-state index is -0.591. The maximum atomic E-state index is 12.1. The highest BCUT2D eigenvalue weighted by atomic mass is 16.6. The zero-order valence-corrected chi connectivity index (χ0v) is 15.0. The number of rotatable bonds is 5. The first kappa shape index (κ1) is 18.6. The van der Waals surface area contributed by atoms with Crippen LogP contribution in [0.15, 0.2) is 0 Å². The van der Waals surface area contributed by atoms with Crippen LogP contribution in [-0.4, -0.2) is 35.9 Å². The number of ether oxygens (including phenoxy) is 2. The Bertz CT molecular complexity index is 720. The van der Waals surface area contributed by atoms with E-state index in [1.807, 2.05) is 0 Å². The second kappa shape index (κ2) is 7.05. The molecule has 1 fully saturated rings. The van der Waals surface area contributed by atoms with Gasteiger partial charge in [-0.2, -0.15) is 0 Å². The molecule has 1 aromatic heterocycles. The lowest BCUT2D eigenvalue weighted by molar-refractivity contribution is 0.0526. The van der Waals surface area contributed by atoms with E-state index in [0.717, 1.165) is 18.5 Å². The lowest BCUT2D eigenvalue weighted by Crippen LogP contribution is -2.34. The van der Waals surface area contributed by atoms with E-state index >= 15 is 0 Å². The fourth-order valence-electron chi connectivity index (χ4n) is 2.66. The molecule has 0 aliphatic heterocycles. The van der Waals surface area contributed by atoms with Crippen LogP contribution in [0, 0.1) is 6.57 Å². The normalized spacial score (nSPS) is 13.9. The van der Waals surface area contributed by atoms with Crippen molar-refractivity contribution in [2.75, 3.05) is 19.4 Å². The summed E-state index contributed by atoms with van der Waals surface area (Å²) in [5.74, 6) is -0.377. The van der Waals surface area contributed by atoms with E-state index in [2.05, 4.69) is 10.2 Å². The first-order chi connectivity index (χ1) is 11.7. The highest BCUT2D eigenvalue weighted by Gasteiger charge is 2.35. The van der Waals surface area contributed by atoms with Gasteiger partial charge in [-0.1, -0.05) is 0 Å². The smallest absolute Gasteiger partial charge is 0.407 e. The Morgan fingerprint density at radius 2 is 2.04 bits per heavy atom. The maximum Gasteiger partial charge on any atom is 0.407 e. The minimum Gasteiger partial charge on any atom is -0.464 e. The number of nitrogen functional groups attached to an aromatic ring is 1. The molecule has 1 heterocycles. The molecule has 0 aromatic carbocycles. The average molecular weight is 348 g/mol. The molecule has 2 rings (SSSR count). The summed E-state index contributed by atoms with van der Waals surface area (Å²) in [5.41, 5.74) is 6.80. The molecule has 1 aromatic rings. The highest BCUT2D eigenvalue weighted by molar-refractivity contribution is 5.98. The molecule has 0 saturated heterocycles. The summed E-state index contributed by atoms with van der Waals surface area (Å²) in [7, 11) is 1.27. The van der Waals surface area contributed by atoms with Gasteiger partial charge in [0.2, 0.25) is 5.69 Å². The summed E-state index contributed by atoms with van der Waals surface area (Å²) in [5, 5.41) is 2.65. The van der Waals surface area contributed by atoms with E-state index < -0.39 is 17.7 Å².